The molecule has 0 unspecified atom stereocenters. The molecule has 3 rings (SSSR count). The summed E-state index contributed by atoms with van der Waals surface area (Å²) in [6.07, 6.45) is -2.73. The summed E-state index contributed by atoms with van der Waals surface area (Å²) in [5, 5.41) is 0. The molecule has 2 aromatic rings. The van der Waals surface area contributed by atoms with Gasteiger partial charge in [-0.15, -0.1) is 11.8 Å². The van der Waals surface area contributed by atoms with Gasteiger partial charge in [-0.1, -0.05) is 18.2 Å². The van der Waals surface area contributed by atoms with E-state index in [0.29, 0.717) is 11.5 Å². The number of hydrogen-bond acceptors (Lipinski definition) is 9. The van der Waals surface area contributed by atoms with Gasteiger partial charge in [-0.25, -0.2) is 0 Å². The van der Waals surface area contributed by atoms with Crippen LogP contribution in [0.25, 0.3) is 11.3 Å². The van der Waals surface area contributed by atoms with E-state index in [2.05, 4.69) is 4.98 Å². The minimum atomic E-state index is -0.992. The quantitative estimate of drug-likeness (QED) is 0.476. The average molecular weight is 460 g/mol. The summed E-state index contributed by atoms with van der Waals surface area (Å²) >= 11 is 1.31. The number of carbonyl (C=O) groups is 3. The highest BCUT2D eigenvalue weighted by molar-refractivity contribution is 7.99. The fourth-order valence-electron chi connectivity index (χ4n) is 3.38. The number of benzene rings is 1. The molecule has 0 spiro atoms. The van der Waals surface area contributed by atoms with Gasteiger partial charge in [0.15, 0.2) is 23.7 Å². The number of carbonyl (C=O) groups excluding carboxylic acids is 3. The predicted molar refractivity (Wildman–Crippen MR) is 118 cm³/mol. The Morgan fingerprint density at radius 3 is 2.22 bits per heavy atom. The normalized spacial score (nSPS) is 22.5. The molecule has 0 amide bonds. The van der Waals surface area contributed by atoms with Crippen molar-refractivity contribution in [2.75, 3.05) is 5.75 Å². The number of aryl methyl sites for hydroxylation is 1. The maximum atomic E-state index is 11.8. The Balaban J connectivity index is 1.87. The first-order valence-electron chi connectivity index (χ1n) is 10.1. The summed E-state index contributed by atoms with van der Waals surface area (Å²) in [5.74, 6) is -0.830. The molecule has 0 saturated carbocycles. The molecule has 32 heavy (non-hydrogen) atoms. The lowest BCUT2D eigenvalue weighted by molar-refractivity contribution is -0.186. The van der Waals surface area contributed by atoms with Gasteiger partial charge < -0.3 is 18.9 Å². The monoisotopic (exact) mass is 459 g/mol. The van der Waals surface area contributed by atoms with Crippen molar-refractivity contribution >= 4 is 29.7 Å². The Hall–Kier alpha value is -3.07. The molecule has 0 radical (unpaired) electrons. The van der Waals surface area contributed by atoms with Crippen LogP contribution < -0.4 is 4.74 Å². The third kappa shape index (κ3) is 6.23. The third-order valence-corrected chi connectivity index (χ3v) is 5.79. The van der Waals surface area contributed by atoms with Crippen molar-refractivity contribution in [1.82, 2.24) is 4.98 Å². The van der Waals surface area contributed by atoms with Gasteiger partial charge >= 0.3 is 17.9 Å². The first-order valence-corrected chi connectivity index (χ1v) is 11.1. The van der Waals surface area contributed by atoms with Crippen LogP contribution in [0.1, 0.15) is 26.5 Å². The van der Waals surface area contributed by atoms with Crippen molar-refractivity contribution in [3.8, 4) is 17.0 Å². The Morgan fingerprint density at radius 2 is 1.56 bits per heavy atom. The van der Waals surface area contributed by atoms with Crippen LogP contribution in [0.2, 0.25) is 0 Å². The Kier molecular flexibility index (Phi) is 7.74. The van der Waals surface area contributed by atoms with Gasteiger partial charge in [-0.05, 0) is 31.2 Å². The van der Waals surface area contributed by atoms with Crippen LogP contribution in [0.3, 0.4) is 0 Å². The van der Waals surface area contributed by atoms with Gasteiger partial charge in [-0.3, -0.25) is 19.4 Å². The van der Waals surface area contributed by atoms with Crippen LogP contribution in [0, 0.1) is 6.92 Å². The lowest BCUT2D eigenvalue weighted by Crippen LogP contribution is -2.55. The van der Waals surface area contributed by atoms with Crippen LogP contribution in [0.15, 0.2) is 42.5 Å². The minimum absolute atomic E-state index is 0.305. The fraction of sp³-hybridized carbons (Fsp3) is 0.391. The van der Waals surface area contributed by atoms with Gasteiger partial charge in [0, 0.05) is 37.8 Å². The standard InChI is InChI=1S/C23H25NO7S/c1-13-7-5-10-19(24-13)17-8-6-9-18(11-17)31-23-22(30-16(4)27)21(29-15(3)26)20(12-32-23)28-14(2)25/h5-11,20-23H,12H2,1-4H3/t20-,21+,22-,23+/m1/s1. The predicted octanol–water partition coefficient (Wildman–Crippen LogP) is 3.30. The van der Waals surface area contributed by atoms with Crippen molar-refractivity contribution in [3.63, 3.8) is 0 Å². The molecule has 2 heterocycles. The first-order chi connectivity index (χ1) is 15.2. The highest BCUT2D eigenvalue weighted by atomic mass is 32.2. The smallest absolute Gasteiger partial charge is 0.303 e. The van der Waals surface area contributed by atoms with E-state index in [1.807, 2.05) is 43.3 Å². The minimum Gasteiger partial charge on any atom is -0.476 e. The number of aromatic nitrogens is 1. The number of nitrogens with zero attached hydrogens (tertiary/aromatic N) is 1. The zero-order valence-electron chi connectivity index (χ0n) is 18.3. The molecular weight excluding hydrogens is 434 g/mol. The van der Waals surface area contributed by atoms with Gasteiger partial charge in [0.25, 0.3) is 0 Å². The van der Waals surface area contributed by atoms with Crippen LogP contribution in [0.5, 0.6) is 5.75 Å². The average Bonchev–Trinajstić information content (AvgIpc) is 2.71. The number of hydrogen-bond donors (Lipinski definition) is 0. The third-order valence-electron chi connectivity index (χ3n) is 4.58. The van der Waals surface area contributed by atoms with Gasteiger partial charge in [0.1, 0.15) is 5.75 Å². The molecule has 9 heteroatoms. The highest BCUT2D eigenvalue weighted by Gasteiger charge is 2.47. The second-order valence-corrected chi connectivity index (χ2v) is 8.44. The number of rotatable bonds is 6. The lowest BCUT2D eigenvalue weighted by Gasteiger charge is -2.39. The SMILES string of the molecule is CC(=O)O[C@@H]1[C@@H](OC(C)=O)[C@@H](Oc2cccc(-c3cccc(C)n3)c2)SC[C@H]1OC(C)=O. The van der Waals surface area contributed by atoms with E-state index in [-0.39, 0.29) is 0 Å². The Labute approximate surface area is 190 Å². The Bertz CT molecular complexity index is 996. The molecule has 1 saturated heterocycles. The maximum absolute atomic E-state index is 11.8. The van der Waals surface area contributed by atoms with E-state index in [9.17, 15) is 14.4 Å². The van der Waals surface area contributed by atoms with Crippen LogP contribution in [-0.2, 0) is 28.6 Å². The Morgan fingerprint density at radius 1 is 0.906 bits per heavy atom. The topological polar surface area (TPSA) is 101 Å². The zero-order chi connectivity index (χ0) is 23.3. The van der Waals surface area contributed by atoms with E-state index in [4.69, 9.17) is 18.9 Å². The van der Waals surface area contributed by atoms with Crippen molar-refractivity contribution < 1.29 is 33.3 Å². The summed E-state index contributed by atoms with van der Waals surface area (Å²) in [6.45, 7) is 5.68. The van der Waals surface area contributed by atoms with Crippen molar-refractivity contribution in [3.05, 3.63) is 48.2 Å². The molecule has 170 valence electrons. The van der Waals surface area contributed by atoms with Crippen molar-refractivity contribution in [2.45, 2.75) is 51.4 Å². The molecule has 1 aromatic carbocycles. The van der Waals surface area contributed by atoms with Crippen molar-refractivity contribution in [2.24, 2.45) is 0 Å². The molecule has 1 fully saturated rings. The molecule has 4 atom stereocenters. The second kappa shape index (κ2) is 10.5. The molecule has 0 bridgehead atoms. The van der Waals surface area contributed by atoms with Crippen LogP contribution in [0.4, 0.5) is 0 Å². The molecule has 0 aliphatic carbocycles. The number of pyridine rings is 1. The van der Waals surface area contributed by atoms with Gasteiger partial charge in [0.05, 0.1) is 5.69 Å². The lowest BCUT2D eigenvalue weighted by atomic mass is 10.1. The summed E-state index contributed by atoms with van der Waals surface area (Å²) in [7, 11) is 0. The maximum Gasteiger partial charge on any atom is 0.303 e. The van der Waals surface area contributed by atoms with Crippen LogP contribution >= 0.6 is 11.8 Å². The highest BCUT2D eigenvalue weighted by Crippen LogP contribution is 2.35. The fourth-order valence-corrected chi connectivity index (χ4v) is 4.59. The van der Waals surface area contributed by atoms with E-state index < -0.39 is 41.7 Å². The number of ether oxygens (including phenoxy) is 4. The van der Waals surface area contributed by atoms with E-state index >= 15 is 0 Å². The number of esters is 3. The summed E-state index contributed by atoms with van der Waals surface area (Å²) in [4.78, 5) is 39.6. The number of thioether (sulfide) groups is 1. The summed E-state index contributed by atoms with van der Waals surface area (Å²) in [5.41, 5.74) is 1.88. The van der Waals surface area contributed by atoms with E-state index in [0.717, 1.165) is 17.0 Å². The van der Waals surface area contributed by atoms with Crippen LogP contribution in [-0.4, -0.2) is 52.4 Å². The molecule has 1 aliphatic heterocycles. The molecule has 1 aromatic heterocycles. The van der Waals surface area contributed by atoms with Gasteiger partial charge in [0.2, 0.25) is 0 Å². The molecule has 8 nitrogen and oxygen atoms in total. The molecular formula is C23H25NO7S. The van der Waals surface area contributed by atoms with Crippen molar-refractivity contribution in [1.29, 1.82) is 0 Å². The van der Waals surface area contributed by atoms with E-state index in [1.54, 1.807) is 6.07 Å². The summed E-state index contributed by atoms with van der Waals surface area (Å²) < 4.78 is 22.3. The molecule has 0 N–H and O–H groups in total. The van der Waals surface area contributed by atoms with Gasteiger partial charge in [-0.2, -0.15) is 0 Å². The second-order valence-electron chi connectivity index (χ2n) is 7.31. The first kappa shape index (κ1) is 23.6. The summed E-state index contributed by atoms with van der Waals surface area (Å²) in [6, 6.07) is 13.1. The largest absolute Gasteiger partial charge is 0.476 e. The molecule has 1 aliphatic rings. The van der Waals surface area contributed by atoms with E-state index in [1.165, 1.54) is 32.5 Å². The zero-order valence-corrected chi connectivity index (χ0v) is 19.1.